The third-order valence-corrected chi connectivity index (χ3v) is 4.89. The lowest BCUT2D eigenvalue weighted by Crippen LogP contribution is -1.84. The number of fused-ring (bicyclic) bond motifs is 2. The van der Waals surface area contributed by atoms with Gasteiger partial charge in [0.15, 0.2) is 0 Å². The van der Waals surface area contributed by atoms with Gasteiger partial charge in [-0.05, 0) is 60.1 Å². The third kappa shape index (κ3) is 2.80. The Hall–Kier alpha value is -2.60. The van der Waals surface area contributed by atoms with E-state index in [1.54, 1.807) is 0 Å². The van der Waals surface area contributed by atoms with Gasteiger partial charge in [-0.1, -0.05) is 84.0 Å². The Balaban J connectivity index is 1.48. The van der Waals surface area contributed by atoms with Crippen molar-refractivity contribution in [3.63, 3.8) is 0 Å². The maximum atomic E-state index is 2.32. The molecule has 0 saturated heterocycles. The molecule has 2 aliphatic rings. The van der Waals surface area contributed by atoms with Gasteiger partial charge in [0, 0.05) is 0 Å². The molecule has 0 radical (unpaired) electrons. The first-order chi connectivity index (χ1) is 11.7. The predicted octanol–water partition coefficient (Wildman–Crippen LogP) is 6.00. The van der Waals surface area contributed by atoms with Gasteiger partial charge in [-0.25, -0.2) is 0 Å². The van der Waals surface area contributed by atoms with Gasteiger partial charge in [-0.15, -0.1) is 0 Å². The summed E-state index contributed by atoms with van der Waals surface area (Å²) in [6.45, 7) is 4.32. The second-order valence-corrected chi connectivity index (χ2v) is 6.77. The molecule has 0 amide bonds. The average molecular weight is 310 g/mol. The number of benzene rings is 2. The second-order valence-electron chi connectivity index (χ2n) is 6.77. The van der Waals surface area contributed by atoms with Crippen LogP contribution in [0.25, 0.3) is 11.1 Å². The summed E-state index contributed by atoms with van der Waals surface area (Å²) < 4.78 is 0. The Morgan fingerprint density at radius 1 is 0.667 bits per heavy atom. The van der Waals surface area contributed by atoms with Gasteiger partial charge in [0.1, 0.15) is 0 Å². The van der Waals surface area contributed by atoms with Crippen LogP contribution in [0.3, 0.4) is 0 Å². The van der Waals surface area contributed by atoms with E-state index < -0.39 is 0 Å². The Morgan fingerprint density at radius 2 is 1.12 bits per heavy atom. The standard InChI is InChI=1S/C24H22/c1-17-7-13-23-19(9-11-21(23)15-17)5-3-4-6-20-10-12-22-16-18(2)8-14-24(20)22/h3-10,13-16H,11-12H2,1-2H3/b5-3+,6-4+. The average Bonchev–Trinajstić information content (AvgIpc) is 3.15. The minimum absolute atomic E-state index is 1.05. The molecule has 2 aliphatic carbocycles. The van der Waals surface area contributed by atoms with Crippen molar-refractivity contribution < 1.29 is 0 Å². The second kappa shape index (κ2) is 6.13. The number of hydrogen-bond donors (Lipinski definition) is 0. The van der Waals surface area contributed by atoms with Gasteiger partial charge in [-0.2, -0.15) is 0 Å². The lowest BCUT2D eigenvalue weighted by molar-refractivity contribution is 1.28. The number of allylic oxidation sites excluding steroid dienone is 8. The predicted molar refractivity (Wildman–Crippen MR) is 104 cm³/mol. The summed E-state index contributed by atoms with van der Waals surface area (Å²) in [6, 6.07) is 13.5. The highest BCUT2D eigenvalue weighted by molar-refractivity contribution is 5.82. The molecule has 0 unspecified atom stereocenters. The molecule has 24 heavy (non-hydrogen) atoms. The highest BCUT2D eigenvalue weighted by Crippen LogP contribution is 2.30. The summed E-state index contributed by atoms with van der Waals surface area (Å²) in [5.41, 5.74) is 11.0. The van der Waals surface area contributed by atoms with Crippen molar-refractivity contribution in [2.24, 2.45) is 0 Å². The molecular formula is C24H22. The molecule has 0 nitrogen and oxygen atoms in total. The van der Waals surface area contributed by atoms with Crippen molar-refractivity contribution in [2.75, 3.05) is 0 Å². The van der Waals surface area contributed by atoms with Gasteiger partial charge in [-0.3, -0.25) is 0 Å². The van der Waals surface area contributed by atoms with Crippen LogP contribution in [0.15, 0.2) is 72.9 Å². The third-order valence-electron chi connectivity index (χ3n) is 4.89. The van der Waals surface area contributed by atoms with Crippen LogP contribution in [-0.4, -0.2) is 0 Å². The monoisotopic (exact) mass is 310 g/mol. The fourth-order valence-electron chi connectivity index (χ4n) is 3.64. The van der Waals surface area contributed by atoms with Crippen molar-refractivity contribution in [3.8, 4) is 0 Å². The molecule has 0 N–H and O–H groups in total. The molecule has 0 heterocycles. The van der Waals surface area contributed by atoms with E-state index in [9.17, 15) is 0 Å². The number of hydrogen-bond acceptors (Lipinski definition) is 0. The lowest BCUT2D eigenvalue weighted by atomic mass is 10.0. The van der Waals surface area contributed by atoms with Crippen LogP contribution in [0.1, 0.15) is 33.4 Å². The van der Waals surface area contributed by atoms with Crippen molar-refractivity contribution in [3.05, 3.63) is 106 Å². The Labute approximate surface area is 144 Å². The maximum absolute atomic E-state index is 2.32. The van der Waals surface area contributed by atoms with Gasteiger partial charge in [0.2, 0.25) is 0 Å². The first-order valence-electron chi connectivity index (χ1n) is 8.65. The van der Waals surface area contributed by atoms with Gasteiger partial charge in [0.25, 0.3) is 0 Å². The fraction of sp³-hybridized carbons (Fsp3) is 0.167. The van der Waals surface area contributed by atoms with Crippen LogP contribution in [-0.2, 0) is 12.8 Å². The fourth-order valence-corrected chi connectivity index (χ4v) is 3.64. The minimum atomic E-state index is 1.05. The van der Waals surface area contributed by atoms with Crippen molar-refractivity contribution in [2.45, 2.75) is 26.7 Å². The number of aryl methyl sites for hydroxylation is 2. The molecule has 4 rings (SSSR count). The molecule has 0 aromatic heterocycles. The van der Waals surface area contributed by atoms with E-state index in [0.29, 0.717) is 0 Å². The van der Waals surface area contributed by atoms with Crippen LogP contribution in [0, 0.1) is 13.8 Å². The zero-order valence-electron chi connectivity index (χ0n) is 14.3. The summed E-state index contributed by atoms with van der Waals surface area (Å²) in [7, 11) is 0. The van der Waals surface area contributed by atoms with Crippen LogP contribution in [0.5, 0.6) is 0 Å². The molecule has 0 aliphatic heterocycles. The van der Waals surface area contributed by atoms with Crippen molar-refractivity contribution >= 4 is 11.1 Å². The highest BCUT2D eigenvalue weighted by atomic mass is 14.2. The van der Waals surface area contributed by atoms with E-state index >= 15 is 0 Å². The van der Waals surface area contributed by atoms with Crippen LogP contribution in [0.4, 0.5) is 0 Å². The molecule has 118 valence electrons. The Bertz CT molecular complexity index is 840. The molecule has 0 bridgehead atoms. The molecule has 0 atom stereocenters. The summed E-state index contributed by atoms with van der Waals surface area (Å²) in [4.78, 5) is 0. The first kappa shape index (κ1) is 15.0. The molecule has 0 fully saturated rings. The SMILES string of the molecule is Cc1ccc2c(c1)CC=C2/C=C/C=C/C1=CCc2cc(C)ccc21. The molecular weight excluding hydrogens is 288 g/mol. The molecule has 0 spiro atoms. The van der Waals surface area contributed by atoms with Crippen molar-refractivity contribution in [1.29, 1.82) is 0 Å². The first-order valence-corrected chi connectivity index (χ1v) is 8.65. The van der Waals surface area contributed by atoms with E-state index in [0.717, 1.165) is 12.8 Å². The van der Waals surface area contributed by atoms with Gasteiger partial charge in [0.05, 0.1) is 0 Å². The summed E-state index contributed by atoms with van der Waals surface area (Å²) in [5, 5.41) is 0. The summed E-state index contributed by atoms with van der Waals surface area (Å²) in [5.74, 6) is 0. The minimum Gasteiger partial charge on any atom is -0.0722 e. The Kier molecular flexibility index (Phi) is 3.82. The summed E-state index contributed by atoms with van der Waals surface area (Å²) in [6.07, 6.45) is 15.5. The molecule has 2 aromatic rings. The zero-order chi connectivity index (χ0) is 16.5. The molecule has 0 heteroatoms. The van der Waals surface area contributed by atoms with Crippen molar-refractivity contribution in [1.82, 2.24) is 0 Å². The van der Waals surface area contributed by atoms with E-state index in [4.69, 9.17) is 0 Å². The van der Waals surface area contributed by atoms with E-state index in [1.165, 1.54) is 44.5 Å². The highest BCUT2D eigenvalue weighted by Gasteiger charge is 2.12. The topological polar surface area (TPSA) is 0 Å². The zero-order valence-corrected chi connectivity index (χ0v) is 14.3. The Morgan fingerprint density at radius 3 is 1.58 bits per heavy atom. The van der Waals surface area contributed by atoms with E-state index in [-0.39, 0.29) is 0 Å². The summed E-state index contributed by atoms with van der Waals surface area (Å²) >= 11 is 0. The quantitative estimate of drug-likeness (QED) is 0.610. The lowest BCUT2D eigenvalue weighted by Gasteiger charge is -2.03. The van der Waals surface area contributed by atoms with E-state index in [1.807, 2.05) is 0 Å². The maximum Gasteiger partial charge on any atom is -0.00820 e. The van der Waals surface area contributed by atoms with Crippen LogP contribution >= 0.6 is 0 Å². The molecule has 0 saturated carbocycles. The number of rotatable bonds is 3. The smallest absolute Gasteiger partial charge is 0.00820 e. The normalized spacial score (nSPS) is 15.8. The van der Waals surface area contributed by atoms with Crippen LogP contribution < -0.4 is 0 Å². The van der Waals surface area contributed by atoms with E-state index in [2.05, 4.69) is 86.7 Å². The molecule has 2 aromatic carbocycles. The van der Waals surface area contributed by atoms with Crippen LogP contribution in [0.2, 0.25) is 0 Å². The largest absolute Gasteiger partial charge is 0.0722 e. The van der Waals surface area contributed by atoms with Gasteiger partial charge >= 0.3 is 0 Å². The van der Waals surface area contributed by atoms with Gasteiger partial charge < -0.3 is 0 Å².